The molecule has 0 aliphatic heterocycles. The van der Waals surface area contributed by atoms with Gasteiger partial charge in [-0.05, 0) is 20.8 Å². The zero-order chi connectivity index (χ0) is 17.0. The Morgan fingerprint density at radius 3 is 2.74 bits per heavy atom. The summed E-state index contributed by atoms with van der Waals surface area (Å²) in [6.07, 6.45) is -2.48. The Balaban J connectivity index is 2.20. The molecule has 0 aliphatic carbocycles. The number of hydrogen-bond donors (Lipinski definition) is 2. The van der Waals surface area contributed by atoms with Crippen LogP contribution in [-0.2, 0) is 11.5 Å². The molecule has 2 N–H and O–H groups in total. The molecule has 23 heavy (non-hydrogen) atoms. The van der Waals surface area contributed by atoms with E-state index >= 15 is 0 Å². The van der Waals surface area contributed by atoms with Gasteiger partial charge >= 0.3 is 0 Å². The molecule has 0 aliphatic rings. The number of aliphatic hydroxyl groups is 2. The fourth-order valence-electron chi connectivity index (χ4n) is 2.09. The monoisotopic (exact) mass is 328 g/mol. The maximum absolute atomic E-state index is 13.1. The minimum Gasteiger partial charge on any atom is -0.476 e. The molecular formula is C14H21FN4O4. The van der Waals surface area contributed by atoms with Crippen LogP contribution in [0.2, 0.25) is 0 Å². The third kappa shape index (κ3) is 3.92. The van der Waals surface area contributed by atoms with Gasteiger partial charge in [0, 0.05) is 0 Å². The molecule has 0 spiro atoms. The summed E-state index contributed by atoms with van der Waals surface area (Å²) in [6.45, 7) is 4.67. The van der Waals surface area contributed by atoms with Crippen molar-refractivity contribution < 1.29 is 24.1 Å². The lowest BCUT2D eigenvalue weighted by Gasteiger charge is -2.22. The lowest BCUT2D eigenvalue weighted by Crippen LogP contribution is -2.38. The van der Waals surface area contributed by atoms with E-state index in [9.17, 15) is 14.6 Å². The van der Waals surface area contributed by atoms with Gasteiger partial charge in [-0.3, -0.25) is 4.57 Å². The van der Waals surface area contributed by atoms with Crippen LogP contribution in [-0.4, -0.2) is 61.3 Å². The molecule has 0 aromatic carbocycles. The van der Waals surface area contributed by atoms with Crippen molar-refractivity contribution in [3.63, 3.8) is 0 Å². The Morgan fingerprint density at radius 2 is 2.13 bits per heavy atom. The Morgan fingerprint density at radius 1 is 1.39 bits per heavy atom. The average Bonchev–Trinajstić information content (AvgIpc) is 2.91. The number of alkyl halides is 1. The van der Waals surface area contributed by atoms with Gasteiger partial charge in [-0.2, -0.15) is 4.98 Å². The van der Waals surface area contributed by atoms with E-state index in [0.717, 1.165) is 0 Å². The second kappa shape index (κ2) is 7.62. The zero-order valence-corrected chi connectivity index (χ0v) is 13.3. The number of aromatic nitrogens is 4. The summed E-state index contributed by atoms with van der Waals surface area (Å²) >= 11 is 0. The van der Waals surface area contributed by atoms with Crippen LogP contribution in [0.3, 0.4) is 0 Å². The van der Waals surface area contributed by atoms with Crippen molar-refractivity contribution in [1.29, 1.82) is 0 Å². The summed E-state index contributed by atoms with van der Waals surface area (Å²) < 4.78 is 25.5. The van der Waals surface area contributed by atoms with E-state index in [-0.39, 0.29) is 6.73 Å². The van der Waals surface area contributed by atoms with Gasteiger partial charge in [0.05, 0.1) is 19.5 Å². The number of hydrogen-bond acceptors (Lipinski definition) is 7. The van der Waals surface area contributed by atoms with Gasteiger partial charge in [0.25, 0.3) is 0 Å². The van der Waals surface area contributed by atoms with E-state index in [2.05, 4.69) is 15.0 Å². The Hall–Kier alpha value is -1.84. The first-order valence-electron chi connectivity index (χ1n) is 7.34. The van der Waals surface area contributed by atoms with Crippen LogP contribution in [0.4, 0.5) is 4.39 Å². The van der Waals surface area contributed by atoms with Crippen LogP contribution in [0.25, 0.3) is 11.2 Å². The minimum atomic E-state index is -1.51. The normalized spacial score (nSPS) is 15.6. The molecule has 0 saturated heterocycles. The van der Waals surface area contributed by atoms with Gasteiger partial charge in [-0.15, -0.1) is 0 Å². The van der Waals surface area contributed by atoms with Crippen molar-refractivity contribution in [2.24, 2.45) is 0 Å². The third-order valence-electron chi connectivity index (χ3n) is 3.28. The summed E-state index contributed by atoms with van der Waals surface area (Å²) in [6, 6.07) is 0. The van der Waals surface area contributed by atoms with Crippen molar-refractivity contribution >= 4 is 11.2 Å². The molecule has 3 atom stereocenters. The molecule has 2 aromatic heterocycles. The number of halogens is 1. The van der Waals surface area contributed by atoms with Crippen LogP contribution in [0.15, 0.2) is 6.33 Å². The van der Waals surface area contributed by atoms with Gasteiger partial charge in [0.2, 0.25) is 5.88 Å². The lowest BCUT2D eigenvalue weighted by molar-refractivity contribution is -0.106. The first kappa shape index (κ1) is 17.5. The molecule has 3 unspecified atom stereocenters. The molecule has 2 heterocycles. The highest BCUT2D eigenvalue weighted by molar-refractivity contribution is 5.76. The second-order valence-corrected chi connectivity index (χ2v) is 5.08. The number of imidazole rings is 1. The quantitative estimate of drug-likeness (QED) is 0.731. The van der Waals surface area contributed by atoms with Crippen LogP contribution in [0.1, 0.15) is 19.7 Å². The molecule has 0 fully saturated rings. The number of ether oxygens (including phenoxy) is 2. The SMILES string of the molecule is CCOc1nc(C)nc2c1ncn2COC(CO)C(O)C(C)F. The van der Waals surface area contributed by atoms with Crippen molar-refractivity contribution in [3.05, 3.63) is 12.2 Å². The summed E-state index contributed by atoms with van der Waals surface area (Å²) in [5.41, 5.74) is 0.987. The Labute approximate surface area is 132 Å². The summed E-state index contributed by atoms with van der Waals surface area (Å²) in [4.78, 5) is 12.7. The first-order valence-corrected chi connectivity index (χ1v) is 7.34. The van der Waals surface area contributed by atoms with E-state index < -0.39 is 25.0 Å². The van der Waals surface area contributed by atoms with Crippen LogP contribution in [0, 0.1) is 6.92 Å². The molecule has 0 bridgehead atoms. The van der Waals surface area contributed by atoms with E-state index in [0.29, 0.717) is 29.5 Å². The largest absolute Gasteiger partial charge is 0.476 e. The van der Waals surface area contributed by atoms with Crippen LogP contribution < -0.4 is 4.74 Å². The van der Waals surface area contributed by atoms with E-state index in [1.807, 2.05) is 6.92 Å². The molecule has 8 nitrogen and oxygen atoms in total. The molecule has 0 amide bonds. The predicted molar refractivity (Wildman–Crippen MR) is 79.8 cm³/mol. The van der Waals surface area contributed by atoms with Gasteiger partial charge < -0.3 is 19.7 Å². The molecule has 0 saturated carbocycles. The van der Waals surface area contributed by atoms with Crippen LogP contribution in [0.5, 0.6) is 5.88 Å². The fourth-order valence-corrected chi connectivity index (χ4v) is 2.09. The van der Waals surface area contributed by atoms with Crippen molar-refractivity contribution in [2.45, 2.75) is 45.9 Å². The number of aryl methyl sites for hydroxylation is 1. The number of fused-ring (bicyclic) bond motifs is 1. The second-order valence-electron chi connectivity index (χ2n) is 5.08. The molecular weight excluding hydrogens is 307 g/mol. The smallest absolute Gasteiger partial charge is 0.245 e. The number of rotatable bonds is 8. The average molecular weight is 328 g/mol. The highest BCUT2D eigenvalue weighted by Crippen LogP contribution is 2.21. The van der Waals surface area contributed by atoms with Gasteiger partial charge in [0.15, 0.2) is 11.2 Å². The van der Waals surface area contributed by atoms with Crippen LogP contribution >= 0.6 is 0 Å². The summed E-state index contributed by atoms with van der Waals surface area (Å²) in [5.74, 6) is 0.892. The summed E-state index contributed by atoms with van der Waals surface area (Å²) in [7, 11) is 0. The van der Waals surface area contributed by atoms with E-state index in [4.69, 9.17) is 9.47 Å². The van der Waals surface area contributed by atoms with Crippen molar-refractivity contribution in [1.82, 2.24) is 19.5 Å². The lowest BCUT2D eigenvalue weighted by atomic mass is 10.1. The number of nitrogens with zero attached hydrogens (tertiary/aromatic N) is 4. The standard InChI is InChI=1S/C14H21FN4O4/c1-4-22-14-11-13(17-9(3)18-14)19(6-16-11)7-23-10(5-20)12(21)8(2)15/h6,8,10,12,20-21H,4-5,7H2,1-3H3. The zero-order valence-electron chi connectivity index (χ0n) is 13.3. The highest BCUT2D eigenvalue weighted by atomic mass is 19.1. The Bertz CT molecular complexity index is 649. The number of aliphatic hydroxyl groups excluding tert-OH is 2. The Kier molecular flexibility index (Phi) is 5.80. The molecule has 2 rings (SSSR count). The predicted octanol–water partition coefficient (Wildman–Crippen LogP) is 0.587. The molecule has 2 aromatic rings. The maximum Gasteiger partial charge on any atom is 0.245 e. The summed E-state index contributed by atoms with van der Waals surface area (Å²) in [5, 5.41) is 18.9. The van der Waals surface area contributed by atoms with Gasteiger partial charge in [0.1, 0.15) is 30.9 Å². The van der Waals surface area contributed by atoms with Crippen molar-refractivity contribution in [3.8, 4) is 5.88 Å². The van der Waals surface area contributed by atoms with E-state index in [1.54, 1.807) is 11.5 Å². The molecule has 9 heteroatoms. The minimum absolute atomic E-state index is 0.0481. The van der Waals surface area contributed by atoms with Gasteiger partial charge in [-0.1, -0.05) is 0 Å². The third-order valence-corrected chi connectivity index (χ3v) is 3.28. The fraction of sp³-hybridized carbons (Fsp3) is 0.643. The topological polar surface area (TPSA) is 103 Å². The maximum atomic E-state index is 13.1. The molecule has 128 valence electrons. The van der Waals surface area contributed by atoms with Gasteiger partial charge in [-0.25, -0.2) is 14.4 Å². The molecule has 0 radical (unpaired) electrons. The first-order chi connectivity index (χ1) is 11.0. The highest BCUT2D eigenvalue weighted by Gasteiger charge is 2.25. The van der Waals surface area contributed by atoms with E-state index in [1.165, 1.54) is 13.3 Å². The van der Waals surface area contributed by atoms with Crippen molar-refractivity contribution in [2.75, 3.05) is 13.2 Å².